The SMILES string of the molecule is CCS(=O)(=O)CCC(NC(=O)c1ccc(N2CCOCC2)c([N+](=O)[O-])c1)C(=O)O. The number of carboxylic acids is 1. The smallest absolute Gasteiger partial charge is 0.326 e. The van der Waals surface area contributed by atoms with E-state index in [4.69, 9.17) is 4.74 Å². The van der Waals surface area contributed by atoms with Gasteiger partial charge in [-0.1, -0.05) is 6.92 Å². The van der Waals surface area contributed by atoms with E-state index >= 15 is 0 Å². The number of morpholine rings is 1. The zero-order valence-corrected chi connectivity index (χ0v) is 16.7. The van der Waals surface area contributed by atoms with Gasteiger partial charge in [0, 0.05) is 30.5 Å². The van der Waals surface area contributed by atoms with Crippen molar-refractivity contribution in [2.45, 2.75) is 19.4 Å². The molecule has 0 spiro atoms. The summed E-state index contributed by atoms with van der Waals surface area (Å²) in [5.74, 6) is -2.74. The van der Waals surface area contributed by atoms with Crippen molar-refractivity contribution in [2.24, 2.45) is 0 Å². The molecule has 1 aromatic carbocycles. The van der Waals surface area contributed by atoms with Crippen LogP contribution in [0.25, 0.3) is 0 Å². The minimum Gasteiger partial charge on any atom is -0.480 e. The van der Waals surface area contributed by atoms with Gasteiger partial charge in [-0.25, -0.2) is 13.2 Å². The average molecular weight is 429 g/mol. The van der Waals surface area contributed by atoms with Gasteiger partial charge in [-0.2, -0.15) is 0 Å². The van der Waals surface area contributed by atoms with Crippen LogP contribution in [0, 0.1) is 10.1 Å². The zero-order valence-electron chi connectivity index (χ0n) is 15.9. The van der Waals surface area contributed by atoms with Crippen molar-refractivity contribution in [3.8, 4) is 0 Å². The van der Waals surface area contributed by atoms with E-state index in [1.165, 1.54) is 19.1 Å². The van der Waals surface area contributed by atoms with Crippen LogP contribution in [-0.4, -0.2) is 74.2 Å². The van der Waals surface area contributed by atoms with E-state index in [2.05, 4.69) is 5.32 Å². The Morgan fingerprint density at radius 3 is 2.55 bits per heavy atom. The summed E-state index contributed by atoms with van der Waals surface area (Å²) in [7, 11) is -3.40. The fourth-order valence-corrected chi connectivity index (χ4v) is 3.71. The number of nitro groups is 1. The number of carbonyl (C=O) groups is 2. The molecule has 0 saturated carbocycles. The molecule has 1 fully saturated rings. The van der Waals surface area contributed by atoms with Gasteiger partial charge in [0.1, 0.15) is 21.6 Å². The summed E-state index contributed by atoms with van der Waals surface area (Å²) in [6, 6.07) is 2.47. The van der Waals surface area contributed by atoms with Gasteiger partial charge >= 0.3 is 5.97 Å². The zero-order chi connectivity index (χ0) is 21.6. The second-order valence-corrected chi connectivity index (χ2v) is 8.92. The Hall–Kier alpha value is -2.73. The third-order valence-electron chi connectivity index (χ3n) is 4.55. The van der Waals surface area contributed by atoms with Gasteiger partial charge in [-0.05, 0) is 18.6 Å². The second kappa shape index (κ2) is 9.65. The Kier molecular flexibility index (Phi) is 7.51. The summed E-state index contributed by atoms with van der Waals surface area (Å²) < 4.78 is 28.4. The molecular formula is C17H23N3O8S. The number of hydrogen-bond donors (Lipinski definition) is 2. The number of ether oxygens (including phenoxy) is 1. The predicted molar refractivity (Wildman–Crippen MR) is 104 cm³/mol. The topological polar surface area (TPSA) is 156 Å². The Bertz CT molecular complexity index is 881. The number of rotatable bonds is 9. The van der Waals surface area contributed by atoms with Crippen LogP contribution < -0.4 is 10.2 Å². The van der Waals surface area contributed by atoms with Crippen molar-refractivity contribution >= 4 is 33.1 Å². The van der Waals surface area contributed by atoms with Gasteiger partial charge < -0.3 is 20.1 Å². The largest absolute Gasteiger partial charge is 0.480 e. The highest BCUT2D eigenvalue weighted by Crippen LogP contribution is 2.30. The van der Waals surface area contributed by atoms with Crippen molar-refractivity contribution in [1.29, 1.82) is 0 Å². The van der Waals surface area contributed by atoms with Gasteiger partial charge in [0.2, 0.25) is 0 Å². The fourth-order valence-electron chi connectivity index (χ4n) is 2.82. The highest BCUT2D eigenvalue weighted by atomic mass is 32.2. The number of nitrogens with zero attached hydrogens (tertiary/aromatic N) is 2. The number of sulfone groups is 1. The molecule has 1 unspecified atom stereocenters. The molecule has 1 aromatic rings. The first-order chi connectivity index (χ1) is 13.6. The molecule has 29 heavy (non-hydrogen) atoms. The van der Waals surface area contributed by atoms with E-state index < -0.39 is 38.4 Å². The molecule has 1 heterocycles. The maximum absolute atomic E-state index is 12.4. The molecule has 2 rings (SSSR count). The summed E-state index contributed by atoms with van der Waals surface area (Å²) >= 11 is 0. The first-order valence-corrected chi connectivity index (χ1v) is 10.8. The first kappa shape index (κ1) is 22.6. The molecule has 0 radical (unpaired) electrons. The number of nitro benzene ring substituents is 1. The summed E-state index contributed by atoms with van der Waals surface area (Å²) in [6.07, 6.45) is -0.300. The lowest BCUT2D eigenvalue weighted by molar-refractivity contribution is -0.384. The van der Waals surface area contributed by atoms with Crippen molar-refractivity contribution in [3.63, 3.8) is 0 Å². The number of benzene rings is 1. The van der Waals surface area contributed by atoms with Crippen LogP contribution >= 0.6 is 0 Å². The van der Waals surface area contributed by atoms with Gasteiger partial charge in [-0.15, -0.1) is 0 Å². The Morgan fingerprint density at radius 1 is 1.34 bits per heavy atom. The predicted octanol–water partition coefficient (Wildman–Crippen LogP) is 0.439. The fraction of sp³-hybridized carbons (Fsp3) is 0.529. The second-order valence-electron chi connectivity index (χ2n) is 6.45. The molecule has 160 valence electrons. The van der Waals surface area contributed by atoms with E-state index in [0.717, 1.165) is 6.07 Å². The number of nitrogens with one attached hydrogen (secondary N) is 1. The molecule has 1 aliphatic heterocycles. The van der Waals surface area contributed by atoms with Crippen molar-refractivity contribution in [1.82, 2.24) is 5.32 Å². The van der Waals surface area contributed by atoms with Crippen molar-refractivity contribution in [3.05, 3.63) is 33.9 Å². The lowest BCUT2D eigenvalue weighted by Gasteiger charge is -2.28. The summed E-state index contributed by atoms with van der Waals surface area (Å²) in [6.45, 7) is 3.25. The van der Waals surface area contributed by atoms with E-state index in [1.54, 1.807) is 4.90 Å². The maximum Gasteiger partial charge on any atom is 0.326 e. The lowest BCUT2D eigenvalue weighted by atomic mass is 10.1. The van der Waals surface area contributed by atoms with Gasteiger partial charge in [-0.3, -0.25) is 14.9 Å². The average Bonchev–Trinajstić information content (AvgIpc) is 2.70. The molecule has 1 atom stereocenters. The summed E-state index contributed by atoms with van der Waals surface area (Å²) in [4.78, 5) is 36.4. The van der Waals surface area contributed by atoms with Crippen LogP contribution in [0.5, 0.6) is 0 Å². The molecule has 1 saturated heterocycles. The van der Waals surface area contributed by atoms with E-state index in [1.807, 2.05) is 0 Å². The van der Waals surface area contributed by atoms with Gasteiger partial charge in [0.15, 0.2) is 0 Å². The van der Waals surface area contributed by atoms with Crippen LogP contribution in [-0.2, 0) is 19.4 Å². The number of amides is 1. The number of carboxylic acid groups (broad SMARTS) is 1. The minimum absolute atomic E-state index is 0.0849. The minimum atomic E-state index is -3.40. The highest BCUT2D eigenvalue weighted by Gasteiger charge is 2.26. The van der Waals surface area contributed by atoms with Gasteiger partial charge in [0.05, 0.1) is 23.9 Å². The molecule has 11 nitrogen and oxygen atoms in total. The monoisotopic (exact) mass is 429 g/mol. The van der Waals surface area contributed by atoms with Crippen molar-refractivity contribution in [2.75, 3.05) is 42.7 Å². The number of anilines is 1. The molecule has 12 heteroatoms. The third kappa shape index (κ3) is 6.12. The normalized spacial score (nSPS) is 15.6. The van der Waals surface area contributed by atoms with Crippen LogP contribution in [0.4, 0.5) is 11.4 Å². The lowest BCUT2D eigenvalue weighted by Crippen LogP contribution is -2.42. The molecule has 1 amide bonds. The number of aliphatic carboxylic acids is 1. The molecule has 1 aliphatic rings. The van der Waals surface area contributed by atoms with Crippen LogP contribution in [0.2, 0.25) is 0 Å². The summed E-state index contributed by atoms with van der Waals surface area (Å²) in [5.41, 5.74) is -0.0167. The van der Waals surface area contributed by atoms with Crippen LogP contribution in [0.1, 0.15) is 23.7 Å². The highest BCUT2D eigenvalue weighted by molar-refractivity contribution is 7.91. The van der Waals surface area contributed by atoms with E-state index in [0.29, 0.717) is 32.0 Å². The first-order valence-electron chi connectivity index (χ1n) is 9.00. The van der Waals surface area contributed by atoms with E-state index in [9.17, 15) is 33.2 Å². The molecule has 0 aliphatic carbocycles. The van der Waals surface area contributed by atoms with Crippen LogP contribution in [0.3, 0.4) is 0 Å². The molecule has 2 N–H and O–H groups in total. The third-order valence-corrected chi connectivity index (χ3v) is 6.28. The number of carbonyl (C=O) groups excluding carboxylic acids is 1. The van der Waals surface area contributed by atoms with Crippen LogP contribution in [0.15, 0.2) is 18.2 Å². The molecular weight excluding hydrogens is 406 g/mol. The van der Waals surface area contributed by atoms with Gasteiger partial charge in [0.25, 0.3) is 11.6 Å². The van der Waals surface area contributed by atoms with Crippen molar-refractivity contribution < 1.29 is 32.8 Å². The van der Waals surface area contributed by atoms with E-state index in [-0.39, 0.29) is 23.4 Å². The number of hydrogen-bond acceptors (Lipinski definition) is 8. The quantitative estimate of drug-likeness (QED) is 0.420. The standard InChI is InChI=1S/C17H23N3O8S/c1-2-29(26,27)10-5-13(17(22)23)18-16(21)12-3-4-14(15(11-12)20(24)25)19-6-8-28-9-7-19/h3-4,11,13H,2,5-10H2,1H3,(H,18,21)(H,22,23). The molecule has 0 aromatic heterocycles. The maximum atomic E-state index is 12.4. The Balaban J connectivity index is 2.19. The summed E-state index contributed by atoms with van der Waals surface area (Å²) in [5, 5.41) is 23.0. The molecule has 0 bridgehead atoms. The Labute approximate surface area is 167 Å². The Morgan fingerprint density at radius 2 is 2.00 bits per heavy atom.